The summed E-state index contributed by atoms with van der Waals surface area (Å²) < 4.78 is 31.2. The van der Waals surface area contributed by atoms with Crippen LogP contribution < -0.4 is 9.47 Å². The zero-order valence-electron chi connectivity index (χ0n) is 16.1. The molecule has 5 nitrogen and oxygen atoms in total. The van der Waals surface area contributed by atoms with Crippen LogP contribution in [0.3, 0.4) is 0 Å². The van der Waals surface area contributed by atoms with Crippen LogP contribution in [0, 0.1) is 5.82 Å². The minimum absolute atomic E-state index is 0.0173. The Kier molecular flexibility index (Phi) is 5.51. The third-order valence-electron chi connectivity index (χ3n) is 4.86. The number of likely N-dealkylation sites (N-methyl/N-ethyl adjacent to an activating group) is 1. The van der Waals surface area contributed by atoms with Gasteiger partial charge in [0.25, 0.3) is 0 Å². The quantitative estimate of drug-likeness (QED) is 0.624. The van der Waals surface area contributed by atoms with Crippen molar-refractivity contribution >= 4 is 5.91 Å². The number of para-hydroxylation sites is 2. The summed E-state index contributed by atoms with van der Waals surface area (Å²) in [5.41, 5.74) is 0.414. The van der Waals surface area contributed by atoms with Gasteiger partial charge in [-0.25, -0.2) is 4.39 Å². The molecule has 1 aliphatic heterocycles. The van der Waals surface area contributed by atoms with E-state index in [-0.39, 0.29) is 17.8 Å². The van der Waals surface area contributed by atoms with Gasteiger partial charge in [-0.15, -0.1) is 0 Å². The highest BCUT2D eigenvalue weighted by molar-refractivity contribution is 5.76. The van der Waals surface area contributed by atoms with Gasteiger partial charge < -0.3 is 18.8 Å². The Labute approximate surface area is 168 Å². The Morgan fingerprint density at radius 1 is 1.07 bits per heavy atom. The predicted octanol–water partition coefficient (Wildman–Crippen LogP) is 4.32. The number of carbonyl (C=O) groups is 1. The van der Waals surface area contributed by atoms with Crippen molar-refractivity contribution in [3.8, 4) is 22.8 Å². The highest BCUT2D eigenvalue weighted by Crippen LogP contribution is 2.31. The van der Waals surface area contributed by atoms with Gasteiger partial charge in [0.2, 0.25) is 5.91 Å². The van der Waals surface area contributed by atoms with Gasteiger partial charge in [-0.05, 0) is 36.4 Å². The van der Waals surface area contributed by atoms with Crippen LogP contribution in [0.25, 0.3) is 11.3 Å². The highest BCUT2D eigenvalue weighted by atomic mass is 19.1. The Morgan fingerprint density at radius 2 is 1.83 bits per heavy atom. The van der Waals surface area contributed by atoms with Gasteiger partial charge in [-0.1, -0.05) is 24.3 Å². The molecule has 2 aromatic carbocycles. The number of benzene rings is 2. The van der Waals surface area contributed by atoms with E-state index in [0.29, 0.717) is 48.8 Å². The summed E-state index contributed by atoms with van der Waals surface area (Å²) in [5, 5.41) is 0. The predicted molar refractivity (Wildman–Crippen MR) is 106 cm³/mol. The van der Waals surface area contributed by atoms with Gasteiger partial charge in [-0.3, -0.25) is 4.79 Å². The van der Waals surface area contributed by atoms with E-state index in [2.05, 4.69) is 0 Å². The van der Waals surface area contributed by atoms with Gasteiger partial charge >= 0.3 is 0 Å². The number of halogens is 1. The van der Waals surface area contributed by atoms with Gasteiger partial charge in [0.1, 0.15) is 23.9 Å². The molecule has 2 heterocycles. The van der Waals surface area contributed by atoms with Crippen LogP contribution in [0.2, 0.25) is 0 Å². The molecule has 6 heteroatoms. The summed E-state index contributed by atoms with van der Waals surface area (Å²) in [6.07, 6.45) is 0.531. The van der Waals surface area contributed by atoms with Crippen LogP contribution in [0.5, 0.6) is 11.5 Å². The molecule has 0 aliphatic carbocycles. The maximum atomic E-state index is 13.9. The first-order chi connectivity index (χ1) is 14.1. The topological polar surface area (TPSA) is 51.9 Å². The smallest absolute Gasteiger partial charge is 0.222 e. The summed E-state index contributed by atoms with van der Waals surface area (Å²) in [6, 6.07) is 17.5. The van der Waals surface area contributed by atoms with Gasteiger partial charge in [-0.2, -0.15) is 0 Å². The third-order valence-corrected chi connectivity index (χ3v) is 4.86. The fourth-order valence-corrected chi connectivity index (χ4v) is 3.30. The number of hydrogen-bond acceptors (Lipinski definition) is 4. The van der Waals surface area contributed by atoms with E-state index in [1.807, 2.05) is 24.3 Å². The van der Waals surface area contributed by atoms with E-state index < -0.39 is 0 Å². The lowest BCUT2D eigenvalue weighted by atomic mass is 10.1. The van der Waals surface area contributed by atoms with Crippen LogP contribution >= 0.6 is 0 Å². The molecule has 150 valence electrons. The van der Waals surface area contributed by atoms with Crippen molar-refractivity contribution in [2.75, 3.05) is 20.2 Å². The van der Waals surface area contributed by atoms with E-state index >= 15 is 0 Å². The van der Waals surface area contributed by atoms with Gasteiger partial charge in [0.15, 0.2) is 17.6 Å². The van der Waals surface area contributed by atoms with Crippen molar-refractivity contribution in [2.24, 2.45) is 0 Å². The first kappa shape index (κ1) is 19.1. The van der Waals surface area contributed by atoms with E-state index in [0.717, 1.165) is 5.75 Å². The largest absolute Gasteiger partial charge is 0.486 e. The van der Waals surface area contributed by atoms with Crippen LogP contribution in [0.4, 0.5) is 4.39 Å². The number of hydrogen-bond donors (Lipinski definition) is 0. The number of nitrogens with zero attached hydrogens (tertiary/aromatic N) is 1. The average Bonchev–Trinajstić information content (AvgIpc) is 3.21. The van der Waals surface area contributed by atoms with E-state index in [4.69, 9.17) is 13.9 Å². The second-order valence-corrected chi connectivity index (χ2v) is 7.02. The molecule has 29 heavy (non-hydrogen) atoms. The molecule has 0 radical (unpaired) electrons. The number of furan rings is 1. The van der Waals surface area contributed by atoms with Gasteiger partial charge in [0.05, 0.1) is 12.1 Å². The van der Waals surface area contributed by atoms with E-state index in [1.54, 1.807) is 42.3 Å². The SMILES string of the molecule is CN(CC1COc2ccccc2O1)C(=O)CCc1ccc(-c2ccccc2F)o1. The Bertz CT molecular complexity index is 1000. The Morgan fingerprint density at radius 3 is 2.66 bits per heavy atom. The number of aryl methyl sites for hydroxylation is 1. The number of carbonyl (C=O) groups excluding carboxylic acids is 1. The zero-order chi connectivity index (χ0) is 20.2. The first-order valence-electron chi connectivity index (χ1n) is 9.56. The summed E-state index contributed by atoms with van der Waals surface area (Å²) in [7, 11) is 1.75. The monoisotopic (exact) mass is 395 g/mol. The molecule has 0 N–H and O–H groups in total. The van der Waals surface area contributed by atoms with Gasteiger partial charge in [0, 0.05) is 19.9 Å². The maximum Gasteiger partial charge on any atom is 0.222 e. The van der Waals surface area contributed by atoms with E-state index in [1.165, 1.54) is 6.07 Å². The molecule has 0 saturated carbocycles. The summed E-state index contributed by atoms with van der Waals surface area (Å²) in [5.74, 6) is 2.18. The zero-order valence-corrected chi connectivity index (χ0v) is 16.1. The maximum absolute atomic E-state index is 13.9. The molecule has 1 amide bonds. The standard InChI is InChI=1S/C23H22FNO4/c1-25(14-17-15-27-21-8-4-5-9-22(21)29-17)23(26)13-11-16-10-12-20(28-16)18-6-2-3-7-19(18)24/h2-10,12,17H,11,13-15H2,1H3. The normalized spacial score (nSPS) is 15.2. The molecule has 1 unspecified atom stereocenters. The molecular weight excluding hydrogens is 373 g/mol. The average molecular weight is 395 g/mol. The third kappa shape index (κ3) is 4.42. The van der Waals surface area contributed by atoms with Crippen molar-refractivity contribution < 1.29 is 23.1 Å². The van der Waals surface area contributed by atoms with Crippen molar-refractivity contribution in [1.29, 1.82) is 0 Å². The molecule has 1 aliphatic rings. The minimum Gasteiger partial charge on any atom is -0.486 e. The van der Waals surface area contributed by atoms with Crippen LogP contribution in [0.1, 0.15) is 12.2 Å². The molecule has 4 rings (SSSR count). The molecule has 0 bridgehead atoms. The number of rotatable bonds is 6. The number of fused-ring (bicyclic) bond motifs is 1. The first-order valence-corrected chi connectivity index (χ1v) is 9.56. The molecule has 1 aromatic heterocycles. The fourth-order valence-electron chi connectivity index (χ4n) is 3.30. The number of amides is 1. The summed E-state index contributed by atoms with van der Waals surface area (Å²) in [6.45, 7) is 0.838. The Hall–Kier alpha value is -3.28. The van der Waals surface area contributed by atoms with Crippen molar-refractivity contribution in [2.45, 2.75) is 18.9 Å². The van der Waals surface area contributed by atoms with Crippen molar-refractivity contribution in [1.82, 2.24) is 4.90 Å². The van der Waals surface area contributed by atoms with Crippen molar-refractivity contribution in [3.63, 3.8) is 0 Å². The lowest BCUT2D eigenvalue weighted by molar-refractivity contribution is -0.131. The molecule has 1 atom stereocenters. The Balaban J connectivity index is 1.29. The second kappa shape index (κ2) is 8.39. The molecule has 0 saturated heterocycles. The van der Waals surface area contributed by atoms with Crippen LogP contribution in [0.15, 0.2) is 65.1 Å². The summed E-state index contributed by atoms with van der Waals surface area (Å²) >= 11 is 0. The molecule has 0 spiro atoms. The highest BCUT2D eigenvalue weighted by Gasteiger charge is 2.23. The molecule has 0 fully saturated rings. The minimum atomic E-state index is -0.333. The van der Waals surface area contributed by atoms with Crippen LogP contribution in [-0.2, 0) is 11.2 Å². The fraction of sp³-hybridized carbons (Fsp3) is 0.261. The number of ether oxygens (including phenoxy) is 2. The van der Waals surface area contributed by atoms with E-state index in [9.17, 15) is 9.18 Å². The summed E-state index contributed by atoms with van der Waals surface area (Å²) in [4.78, 5) is 14.1. The lowest BCUT2D eigenvalue weighted by Crippen LogP contribution is -2.41. The second-order valence-electron chi connectivity index (χ2n) is 7.02. The molecular formula is C23H22FNO4. The van der Waals surface area contributed by atoms with Crippen molar-refractivity contribution in [3.05, 3.63) is 72.2 Å². The van der Waals surface area contributed by atoms with Crippen LogP contribution in [-0.4, -0.2) is 37.1 Å². The molecule has 3 aromatic rings. The lowest BCUT2D eigenvalue weighted by Gasteiger charge is -2.29.